The van der Waals surface area contributed by atoms with Gasteiger partial charge in [-0.2, -0.15) is 4.31 Å². The van der Waals surface area contributed by atoms with Crippen molar-refractivity contribution >= 4 is 27.5 Å². The summed E-state index contributed by atoms with van der Waals surface area (Å²) >= 11 is 0. The standard InChI is InChI=1S/C23H29N3O5S/c1-17-9-11-19(12-10-17)32(29,30)26-14-5-6-18(16-26)22(27)25-21-8-4-3-7-20(21)23(28)24-13-15-31-2/h3-4,7-12,18H,5-6,13-16H2,1-2H3,(H,24,28)(H,25,27)/t18-/m1/s1. The molecule has 9 heteroatoms. The largest absolute Gasteiger partial charge is 0.383 e. The number of carbonyl (C=O) groups is 2. The van der Waals surface area contributed by atoms with Crippen molar-refractivity contribution in [3.05, 3.63) is 59.7 Å². The van der Waals surface area contributed by atoms with Gasteiger partial charge < -0.3 is 15.4 Å². The summed E-state index contributed by atoms with van der Waals surface area (Å²) in [6.45, 7) is 3.11. The van der Waals surface area contributed by atoms with E-state index in [1.54, 1.807) is 55.6 Å². The fourth-order valence-corrected chi connectivity index (χ4v) is 5.14. The van der Waals surface area contributed by atoms with Crippen LogP contribution in [0.5, 0.6) is 0 Å². The van der Waals surface area contributed by atoms with Crippen molar-refractivity contribution in [2.45, 2.75) is 24.7 Å². The SMILES string of the molecule is COCCNC(=O)c1ccccc1NC(=O)[C@@H]1CCCN(S(=O)(=O)c2ccc(C)cc2)C1. The van der Waals surface area contributed by atoms with E-state index in [0.29, 0.717) is 43.8 Å². The Balaban J connectivity index is 1.70. The zero-order chi connectivity index (χ0) is 23.1. The number of amides is 2. The minimum absolute atomic E-state index is 0.101. The second-order valence-electron chi connectivity index (χ2n) is 7.80. The number of nitrogens with zero attached hydrogens (tertiary/aromatic N) is 1. The summed E-state index contributed by atoms with van der Waals surface area (Å²) in [5.41, 5.74) is 1.72. The van der Waals surface area contributed by atoms with Gasteiger partial charge in [0, 0.05) is 26.7 Å². The van der Waals surface area contributed by atoms with Crippen LogP contribution < -0.4 is 10.6 Å². The van der Waals surface area contributed by atoms with Crippen molar-refractivity contribution in [1.82, 2.24) is 9.62 Å². The number of para-hydroxylation sites is 1. The molecule has 3 rings (SSSR count). The molecular weight excluding hydrogens is 430 g/mol. The van der Waals surface area contributed by atoms with Crippen molar-refractivity contribution < 1.29 is 22.7 Å². The number of sulfonamides is 1. The van der Waals surface area contributed by atoms with Crippen molar-refractivity contribution in [3.8, 4) is 0 Å². The van der Waals surface area contributed by atoms with E-state index >= 15 is 0 Å². The number of aryl methyl sites for hydroxylation is 1. The van der Waals surface area contributed by atoms with Gasteiger partial charge in [-0.05, 0) is 44.0 Å². The van der Waals surface area contributed by atoms with Gasteiger partial charge in [-0.3, -0.25) is 9.59 Å². The predicted octanol–water partition coefficient (Wildman–Crippen LogP) is 2.41. The van der Waals surface area contributed by atoms with Crippen molar-refractivity contribution in [2.24, 2.45) is 5.92 Å². The molecule has 0 unspecified atom stereocenters. The summed E-state index contributed by atoms with van der Waals surface area (Å²) in [4.78, 5) is 25.7. The Hall–Kier alpha value is -2.75. The van der Waals surface area contributed by atoms with Gasteiger partial charge in [-0.1, -0.05) is 29.8 Å². The Kier molecular flexibility index (Phi) is 8.00. The highest BCUT2D eigenvalue weighted by molar-refractivity contribution is 7.89. The third-order valence-electron chi connectivity index (χ3n) is 5.43. The maximum atomic E-state index is 13.0. The van der Waals surface area contributed by atoms with Crippen LogP contribution >= 0.6 is 0 Å². The highest BCUT2D eigenvalue weighted by atomic mass is 32.2. The van der Waals surface area contributed by atoms with E-state index in [1.807, 2.05) is 6.92 Å². The van der Waals surface area contributed by atoms with Crippen LogP contribution in [0.15, 0.2) is 53.4 Å². The molecule has 2 N–H and O–H groups in total. The van der Waals surface area contributed by atoms with Crippen molar-refractivity contribution in [1.29, 1.82) is 0 Å². The first-order valence-corrected chi connectivity index (χ1v) is 12.0. The van der Waals surface area contributed by atoms with Gasteiger partial charge in [0.2, 0.25) is 15.9 Å². The third kappa shape index (κ3) is 5.73. The summed E-state index contributed by atoms with van der Waals surface area (Å²) in [5, 5.41) is 5.56. The molecule has 1 aliphatic heterocycles. The van der Waals surface area contributed by atoms with Crippen LogP contribution in [0.3, 0.4) is 0 Å². The molecule has 0 saturated carbocycles. The number of nitrogens with one attached hydrogen (secondary N) is 2. The van der Waals surface area contributed by atoms with Crippen molar-refractivity contribution in [3.63, 3.8) is 0 Å². The predicted molar refractivity (Wildman–Crippen MR) is 122 cm³/mol. The second kappa shape index (κ2) is 10.7. The monoisotopic (exact) mass is 459 g/mol. The Bertz CT molecular complexity index is 1050. The molecule has 172 valence electrons. The summed E-state index contributed by atoms with van der Waals surface area (Å²) in [6.07, 6.45) is 1.16. The first-order chi connectivity index (χ1) is 15.3. The fourth-order valence-electron chi connectivity index (χ4n) is 3.62. The Morgan fingerprint density at radius 2 is 1.84 bits per heavy atom. The number of hydrogen-bond acceptors (Lipinski definition) is 5. The molecule has 1 saturated heterocycles. The number of methoxy groups -OCH3 is 1. The lowest BCUT2D eigenvalue weighted by atomic mass is 9.98. The molecule has 1 aliphatic rings. The number of anilines is 1. The molecule has 2 amide bonds. The lowest BCUT2D eigenvalue weighted by Crippen LogP contribution is -2.43. The van der Waals surface area contributed by atoms with E-state index < -0.39 is 15.9 Å². The van der Waals surface area contributed by atoms with Gasteiger partial charge in [0.1, 0.15) is 0 Å². The fraction of sp³-hybridized carbons (Fsp3) is 0.391. The van der Waals surface area contributed by atoms with Crippen LogP contribution in [-0.4, -0.2) is 57.9 Å². The molecule has 1 heterocycles. The molecule has 1 fully saturated rings. The zero-order valence-electron chi connectivity index (χ0n) is 18.3. The molecule has 0 bridgehead atoms. The van der Waals surface area contributed by atoms with Crippen LogP contribution in [0.4, 0.5) is 5.69 Å². The molecule has 8 nitrogen and oxygen atoms in total. The second-order valence-corrected chi connectivity index (χ2v) is 9.74. The summed E-state index contributed by atoms with van der Waals surface area (Å²) in [6, 6.07) is 13.4. The Labute approximate surface area is 189 Å². The van der Waals surface area contributed by atoms with Crippen LogP contribution in [0, 0.1) is 12.8 Å². The minimum atomic E-state index is -3.68. The number of benzene rings is 2. The van der Waals surface area contributed by atoms with Gasteiger partial charge >= 0.3 is 0 Å². The average Bonchev–Trinajstić information content (AvgIpc) is 2.80. The quantitative estimate of drug-likeness (QED) is 0.590. The lowest BCUT2D eigenvalue weighted by Gasteiger charge is -2.31. The van der Waals surface area contributed by atoms with E-state index in [1.165, 1.54) is 4.31 Å². The van der Waals surface area contributed by atoms with E-state index in [9.17, 15) is 18.0 Å². The van der Waals surface area contributed by atoms with Gasteiger partial charge in [0.05, 0.1) is 28.7 Å². The number of ether oxygens (including phenoxy) is 1. The normalized spacial score (nSPS) is 17.0. The number of piperidine rings is 1. The van der Waals surface area contributed by atoms with Gasteiger partial charge in [-0.15, -0.1) is 0 Å². The lowest BCUT2D eigenvalue weighted by molar-refractivity contribution is -0.120. The van der Waals surface area contributed by atoms with Gasteiger partial charge in [0.25, 0.3) is 5.91 Å². The Morgan fingerprint density at radius 1 is 1.12 bits per heavy atom. The molecule has 2 aromatic carbocycles. The average molecular weight is 460 g/mol. The maximum Gasteiger partial charge on any atom is 0.253 e. The molecule has 0 aliphatic carbocycles. The van der Waals surface area contributed by atoms with Crippen LogP contribution in [0.2, 0.25) is 0 Å². The maximum absolute atomic E-state index is 13.0. The van der Waals surface area contributed by atoms with Crippen LogP contribution in [0.1, 0.15) is 28.8 Å². The van der Waals surface area contributed by atoms with Crippen LogP contribution in [0.25, 0.3) is 0 Å². The zero-order valence-corrected chi connectivity index (χ0v) is 19.2. The van der Waals surface area contributed by atoms with Crippen molar-refractivity contribution in [2.75, 3.05) is 38.7 Å². The van der Waals surface area contributed by atoms with E-state index in [-0.39, 0.29) is 23.3 Å². The molecule has 0 aromatic heterocycles. The third-order valence-corrected chi connectivity index (χ3v) is 7.31. The molecule has 1 atom stereocenters. The topological polar surface area (TPSA) is 105 Å². The first kappa shape index (κ1) is 23.9. The number of rotatable bonds is 8. The van der Waals surface area contributed by atoms with E-state index in [2.05, 4.69) is 10.6 Å². The smallest absolute Gasteiger partial charge is 0.253 e. The molecule has 2 aromatic rings. The highest BCUT2D eigenvalue weighted by Gasteiger charge is 2.33. The highest BCUT2D eigenvalue weighted by Crippen LogP contribution is 2.25. The summed E-state index contributed by atoms with van der Waals surface area (Å²) in [7, 11) is -2.13. The molecule has 0 spiro atoms. The van der Waals surface area contributed by atoms with E-state index in [0.717, 1.165) is 5.56 Å². The summed E-state index contributed by atoms with van der Waals surface area (Å²) in [5.74, 6) is -1.12. The van der Waals surface area contributed by atoms with Crippen LogP contribution in [-0.2, 0) is 19.6 Å². The first-order valence-electron chi connectivity index (χ1n) is 10.6. The molecule has 32 heavy (non-hydrogen) atoms. The van der Waals surface area contributed by atoms with E-state index in [4.69, 9.17) is 4.74 Å². The minimum Gasteiger partial charge on any atom is -0.383 e. The van der Waals surface area contributed by atoms with Gasteiger partial charge in [0.15, 0.2) is 0 Å². The number of carbonyl (C=O) groups excluding carboxylic acids is 2. The summed E-state index contributed by atoms with van der Waals surface area (Å²) < 4.78 is 32.4. The Morgan fingerprint density at radius 3 is 2.56 bits per heavy atom. The van der Waals surface area contributed by atoms with Gasteiger partial charge in [-0.25, -0.2) is 8.42 Å². The number of hydrogen-bond donors (Lipinski definition) is 2. The molecule has 0 radical (unpaired) electrons. The molecular formula is C23H29N3O5S.